The first-order chi connectivity index (χ1) is 5.85. The molecule has 0 radical (unpaired) electrons. The monoisotopic (exact) mass is 168 g/mol. The van der Waals surface area contributed by atoms with Crippen molar-refractivity contribution in [3.05, 3.63) is 0 Å². The zero-order valence-corrected chi connectivity index (χ0v) is 7.42. The molecule has 0 atom stereocenters. The van der Waals surface area contributed by atoms with Crippen molar-refractivity contribution in [3.8, 4) is 0 Å². The summed E-state index contributed by atoms with van der Waals surface area (Å²) in [4.78, 5) is 10.7. The van der Waals surface area contributed by atoms with E-state index in [4.69, 9.17) is 4.74 Å². The molecule has 2 fully saturated rings. The third kappa shape index (κ3) is 1.69. The summed E-state index contributed by atoms with van der Waals surface area (Å²) in [7, 11) is 0. The molecule has 0 N–H and O–H groups in total. The molecule has 0 aromatic heterocycles. The number of aldehydes is 1. The number of ether oxygens (including phenoxy) is 1. The van der Waals surface area contributed by atoms with Crippen LogP contribution >= 0.6 is 0 Å². The fraction of sp³-hybridized carbons (Fsp3) is 0.900. The highest BCUT2D eigenvalue weighted by Gasteiger charge is 2.43. The Morgan fingerprint density at radius 2 is 2.00 bits per heavy atom. The highest BCUT2D eigenvalue weighted by atomic mass is 16.5. The quantitative estimate of drug-likeness (QED) is 0.600. The van der Waals surface area contributed by atoms with Gasteiger partial charge in [-0.1, -0.05) is 0 Å². The van der Waals surface area contributed by atoms with Crippen LogP contribution in [-0.4, -0.2) is 19.5 Å². The summed E-state index contributed by atoms with van der Waals surface area (Å²) < 4.78 is 5.28. The molecule has 1 aliphatic heterocycles. The van der Waals surface area contributed by atoms with Crippen molar-refractivity contribution < 1.29 is 9.53 Å². The minimum atomic E-state index is 0.113. The predicted octanol–water partition coefficient (Wildman–Crippen LogP) is 1.78. The van der Waals surface area contributed by atoms with Crippen LogP contribution in [0.1, 0.15) is 32.1 Å². The molecule has 1 saturated carbocycles. The zero-order chi connectivity index (χ0) is 8.44. The first-order valence-corrected chi connectivity index (χ1v) is 4.89. The summed E-state index contributed by atoms with van der Waals surface area (Å²) in [5, 5.41) is 0. The number of carbonyl (C=O) groups excluding carboxylic acids is 1. The summed E-state index contributed by atoms with van der Waals surface area (Å²) in [6.45, 7) is 1.80. The van der Waals surface area contributed by atoms with Crippen LogP contribution in [0.2, 0.25) is 0 Å². The van der Waals surface area contributed by atoms with Crippen LogP contribution in [0.15, 0.2) is 0 Å². The largest absolute Gasteiger partial charge is 0.381 e. The second kappa shape index (κ2) is 3.17. The predicted molar refractivity (Wildman–Crippen MR) is 45.9 cm³/mol. The maximum atomic E-state index is 10.7. The van der Waals surface area contributed by atoms with Gasteiger partial charge in [0.1, 0.15) is 6.29 Å². The molecule has 0 unspecified atom stereocenters. The Kier molecular flexibility index (Phi) is 2.18. The van der Waals surface area contributed by atoms with E-state index in [2.05, 4.69) is 0 Å². The van der Waals surface area contributed by atoms with Crippen molar-refractivity contribution in [2.45, 2.75) is 32.1 Å². The van der Waals surface area contributed by atoms with E-state index in [1.54, 1.807) is 0 Å². The van der Waals surface area contributed by atoms with Crippen molar-refractivity contribution in [1.29, 1.82) is 0 Å². The van der Waals surface area contributed by atoms with Crippen LogP contribution in [0.4, 0.5) is 0 Å². The smallest absolute Gasteiger partial charge is 0.126 e. The van der Waals surface area contributed by atoms with E-state index in [0.29, 0.717) is 0 Å². The van der Waals surface area contributed by atoms with Crippen LogP contribution in [0, 0.1) is 11.3 Å². The minimum absolute atomic E-state index is 0.113. The van der Waals surface area contributed by atoms with Gasteiger partial charge in [-0.25, -0.2) is 0 Å². The van der Waals surface area contributed by atoms with Gasteiger partial charge in [-0.3, -0.25) is 0 Å². The van der Waals surface area contributed by atoms with Gasteiger partial charge in [-0.15, -0.1) is 0 Å². The Morgan fingerprint density at radius 1 is 1.33 bits per heavy atom. The summed E-state index contributed by atoms with van der Waals surface area (Å²) in [6, 6.07) is 0. The Hall–Kier alpha value is -0.370. The molecule has 0 bridgehead atoms. The lowest BCUT2D eigenvalue weighted by Crippen LogP contribution is -2.19. The maximum Gasteiger partial charge on any atom is 0.126 e. The molecule has 1 heterocycles. The number of hydrogen-bond donors (Lipinski definition) is 0. The van der Waals surface area contributed by atoms with Crippen molar-refractivity contribution in [2.24, 2.45) is 11.3 Å². The summed E-state index contributed by atoms with van der Waals surface area (Å²) in [6.07, 6.45) is 6.90. The van der Waals surface area contributed by atoms with E-state index in [1.165, 1.54) is 6.29 Å². The average molecular weight is 168 g/mol. The summed E-state index contributed by atoms with van der Waals surface area (Å²) >= 11 is 0. The molecule has 0 aromatic rings. The molecule has 2 rings (SSSR count). The van der Waals surface area contributed by atoms with E-state index in [9.17, 15) is 4.79 Å². The maximum absolute atomic E-state index is 10.7. The molecule has 68 valence electrons. The molecule has 2 heteroatoms. The van der Waals surface area contributed by atoms with Gasteiger partial charge in [0, 0.05) is 18.6 Å². The van der Waals surface area contributed by atoms with E-state index >= 15 is 0 Å². The van der Waals surface area contributed by atoms with Gasteiger partial charge < -0.3 is 9.53 Å². The molecule has 2 aliphatic rings. The highest BCUT2D eigenvalue weighted by molar-refractivity contribution is 5.63. The van der Waals surface area contributed by atoms with Crippen molar-refractivity contribution in [1.82, 2.24) is 0 Å². The van der Waals surface area contributed by atoms with Crippen LogP contribution in [0.25, 0.3) is 0 Å². The molecular weight excluding hydrogens is 152 g/mol. The first-order valence-electron chi connectivity index (χ1n) is 4.89. The molecule has 1 aliphatic carbocycles. The van der Waals surface area contributed by atoms with E-state index in [-0.39, 0.29) is 5.41 Å². The Labute approximate surface area is 73.3 Å². The topological polar surface area (TPSA) is 26.3 Å². The molecule has 0 spiro atoms. The van der Waals surface area contributed by atoms with Gasteiger partial charge >= 0.3 is 0 Å². The Morgan fingerprint density at radius 3 is 2.50 bits per heavy atom. The molecule has 2 nitrogen and oxygen atoms in total. The SMILES string of the molecule is O=CC1(CC2CCOCC2)CC1. The van der Waals surface area contributed by atoms with E-state index in [1.807, 2.05) is 0 Å². The van der Waals surface area contributed by atoms with Gasteiger partial charge in [-0.2, -0.15) is 0 Å². The normalized spacial score (nSPS) is 28.3. The third-order valence-electron chi connectivity index (χ3n) is 3.18. The van der Waals surface area contributed by atoms with Gasteiger partial charge in [0.05, 0.1) is 0 Å². The van der Waals surface area contributed by atoms with Crippen molar-refractivity contribution in [2.75, 3.05) is 13.2 Å². The van der Waals surface area contributed by atoms with Crippen LogP contribution < -0.4 is 0 Å². The summed E-state index contributed by atoms with van der Waals surface area (Å²) in [5.74, 6) is 0.756. The highest BCUT2D eigenvalue weighted by Crippen LogP contribution is 2.49. The lowest BCUT2D eigenvalue weighted by atomic mass is 9.88. The standard InChI is InChI=1S/C10H16O2/c11-8-10(3-4-10)7-9-1-5-12-6-2-9/h8-9H,1-7H2. The van der Waals surface area contributed by atoms with Gasteiger partial charge in [0.15, 0.2) is 0 Å². The molecular formula is C10H16O2. The molecule has 0 aromatic carbocycles. The zero-order valence-electron chi connectivity index (χ0n) is 7.42. The second-order valence-corrected chi connectivity index (χ2v) is 4.24. The van der Waals surface area contributed by atoms with E-state index < -0.39 is 0 Å². The fourth-order valence-corrected chi connectivity index (χ4v) is 2.06. The van der Waals surface area contributed by atoms with Crippen molar-refractivity contribution >= 4 is 6.29 Å². The molecule has 0 amide bonds. The van der Waals surface area contributed by atoms with Gasteiger partial charge in [-0.05, 0) is 38.0 Å². The second-order valence-electron chi connectivity index (χ2n) is 4.24. The minimum Gasteiger partial charge on any atom is -0.381 e. The lowest BCUT2D eigenvalue weighted by Gasteiger charge is -2.23. The number of hydrogen-bond acceptors (Lipinski definition) is 2. The molecule has 1 saturated heterocycles. The van der Waals surface area contributed by atoms with Crippen LogP contribution in [0.3, 0.4) is 0 Å². The average Bonchev–Trinajstić information content (AvgIpc) is 2.88. The Bertz CT molecular complexity index is 167. The third-order valence-corrected chi connectivity index (χ3v) is 3.18. The van der Waals surface area contributed by atoms with Crippen LogP contribution in [0.5, 0.6) is 0 Å². The van der Waals surface area contributed by atoms with Gasteiger partial charge in [0.2, 0.25) is 0 Å². The first kappa shape index (κ1) is 8.24. The van der Waals surface area contributed by atoms with E-state index in [0.717, 1.165) is 51.2 Å². The number of rotatable bonds is 3. The fourth-order valence-electron chi connectivity index (χ4n) is 2.06. The molecule has 12 heavy (non-hydrogen) atoms. The van der Waals surface area contributed by atoms with Gasteiger partial charge in [0.25, 0.3) is 0 Å². The van der Waals surface area contributed by atoms with Crippen molar-refractivity contribution in [3.63, 3.8) is 0 Å². The number of carbonyl (C=O) groups is 1. The van der Waals surface area contributed by atoms with Crippen LogP contribution in [-0.2, 0) is 9.53 Å². The lowest BCUT2D eigenvalue weighted by molar-refractivity contribution is -0.113. The summed E-state index contributed by atoms with van der Waals surface area (Å²) in [5.41, 5.74) is 0.113. The Balaban J connectivity index is 1.81.